The molecule has 0 spiro atoms. The number of rotatable bonds is 1. The summed E-state index contributed by atoms with van der Waals surface area (Å²) in [4.78, 5) is 8.76. The summed E-state index contributed by atoms with van der Waals surface area (Å²) in [6, 6.07) is 11.2. The van der Waals surface area contributed by atoms with E-state index < -0.39 is 0 Å². The third-order valence-electron chi connectivity index (χ3n) is 2.34. The molecule has 3 nitrogen and oxygen atoms in total. The molecule has 0 aliphatic heterocycles. The molecule has 17 heavy (non-hydrogen) atoms. The van der Waals surface area contributed by atoms with E-state index in [1.165, 1.54) is 0 Å². The van der Waals surface area contributed by atoms with Crippen LogP contribution in [-0.4, -0.2) is 9.97 Å². The molecule has 5 heteroatoms. The zero-order valence-electron chi connectivity index (χ0n) is 8.72. The number of nitrogens with two attached hydrogens (primary N) is 1. The van der Waals surface area contributed by atoms with Crippen molar-refractivity contribution in [1.82, 2.24) is 9.97 Å². The molecule has 0 radical (unpaired) electrons. The number of aromatic nitrogens is 2. The standard InChI is InChI=1S/C12H8ClN3S/c13-7-4-5-8-10(6-7)17-12(16-8)9-2-1-3-11(14)15-9/h1-6H,(H2,14,15). The van der Waals surface area contributed by atoms with Crippen LogP contribution in [0.15, 0.2) is 36.4 Å². The van der Waals surface area contributed by atoms with Crippen LogP contribution in [0.5, 0.6) is 0 Å². The molecule has 0 fully saturated rings. The van der Waals surface area contributed by atoms with Gasteiger partial charge in [0.2, 0.25) is 0 Å². The van der Waals surface area contributed by atoms with Crippen LogP contribution in [0.3, 0.4) is 0 Å². The molecule has 0 bridgehead atoms. The zero-order chi connectivity index (χ0) is 11.8. The van der Waals surface area contributed by atoms with E-state index in [0.29, 0.717) is 10.8 Å². The highest BCUT2D eigenvalue weighted by molar-refractivity contribution is 7.21. The Morgan fingerprint density at radius 1 is 1.12 bits per heavy atom. The fraction of sp³-hybridized carbons (Fsp3) is 0. The Morgan fingerprint density at radius 3 is 2.82 bits per heavy atom. The number of hydrogen-bond donors (Lipinski definition) is 1. The van der Waals surface area contributed by atoms with Gasteiger partial charge in [0.05, 0.1) is 10.2 Å². The van der Waals surface area contributed by atoms with Gasteiger partial charge in [0.15, 0.2) is 0 Å². The Bertz CT molecular complexity index is 693. The number of anilines is 1. The van der Waals surface area contributed by atoms with Crippen molar-refractivity contribution >= 4 is 39.0 Å². The fourth-order valence-electron chi connectivity index (χ4n) is 1.58. The SMILES string of the molecule is Nc1cccc(-c2nc3ccc(Cl)cc3s2)n1. The van der Waals surface area contributed by atoms with E-state index in [-0.39, 0.29) is 0 Å². The summed E-state index contributed by atoms with van der Waals surface area (Å²) in [5, 5.41) is 1.57. The Balaban J connectivity index is 2.18. The predicted molar refractivity (Wildman–Crippen MR) is 72.3 cm³/mol. The van der Waals surface area contributed by atoms with Crippen LogP contribution in [0.4, 0.5) is 5.82 Å². The predicted octanol–water partition coefficient (Wildman–Crippen LogP) is 3.59. The number of fused-ring (bicyclic) bond motifs is 1. The number of pyridine rings is 1. The van der Waals surface area contributed by atoms with E-state index in [1.54, 1.807) is 17.4 Å². The van der Waals surface area contributed by atoms with Gasteiger partial charge in [0, 0.05) is 5.02 Å². The van der Waals surface area contributed by atoms with Crippen LogP contribution >= 0.6 is 22.9 Å². The lowest BCUT2D eigenvalue weighted by atomic mass is 10.3. The summed E-state index contributed by atoms with van der Waals surface area (Å²) in [5.41, 5.74) is 7.38. The van der Waals surface area contributed by atoms with Crippen molar-refractivity contribution in [3.8, 4) is 10.7 Å². The number of benzene rings is 1. The molecule has 0 aliphatic rings. The normalized spacial score (nSPS) is 10.9. The number of nitrogen functional groups attached to an aromatic ring is 1. The number of thiazole rings is 1. The minimum Gasteiger partial charge on any atom is -0.384 e. The third kappa shape index (κ3) is 1.97. The second-order valence-electron chi connectivity index (χ2n) is 3.58. The molecule has 0 unspecified atom stereocenters. The summed E-state index contributed by atoms with van der Waals surface area (Å²) < 4.78 is 1.05. The smallest absolute Gasteiger partial charge is 0.143 e. The van der Waals surface area contributed by atoms with Gasteiger partial charge in [0.25, 0.3) is 0 Å². The minimum atomic E-state index is 0.500. The monoisotopic (exact) mass is 261 g/mol. The first-order valence-corrected chi connectivity index (χ1v) is 6.21. The van der Waals surface area contributed by atoms with Gasteiger partial charge in [-0.15, -0.1) is 11.3 Å². The van der Waals surface area contributed by atoms with Crippen LogP contribution in [0.1, 0.15) is 0 Å². The van der Waals surface area contributed by atoms with Crippen LogP contribution in [0.25, 0.3) is 20.9 Å². The van der Waals surface area contributed by atoms with Crippen molar-refractivity contribution in [3.05, 3.63) is 41.4 Å². The van der Waals surface area contributed by atoms with E-state index in [4.69, 9.17) is 17.3 Å². The van der Waals surface area contributed by atoms with Crippen molar-refractivity contribution in [1.29, 1.82) is 0 Å². The minimum absolute atomic E-state index is 0.500. The van der Waals surface area contributed by atoms with Gasteiger partial charge in [0.1, 0.15) is 16.5 Å². The third-order valence-corrected chi connectivity index (χ3v) is 3.62. The molecule has 3 aromatic rings. The highest BCUT2D eigenvalue weighted by Gasteiger charge is 2.07. The van der Waals surface area contributed by atoms with Crippen molar-refractivity contribution in [2.45, 2.75) is 0 Å². The molecule has 0 atom stereocenters. The molecule has 0 saturated heterocycles. The molecule has 0 saturated carbocycles. The van der Waals surface area contributed by atoms with Crippen molar-refractivity contribution in [3.63, 3.8) is 0 Å². The van der Waals surface area contributed by atoms with E-state index in [0.717, 1.165) is 20.9 Å². The summed E-state index contributed by atoms with van der Waals surface area (Å²) in [6.07, 6.45) is 0. The van der Waals surface area contributed by atoms with Gasteiger partial charge in [-0.3, -0.25) is 0 Å². The molecule has 84 valence electrons. The van der Waals surface area contributed by atoms with Crippen LogP contribution in [0, 0.1) is 0 Å². The number of halogens is 1. The highest BCUT2D eigenvalue weighted by atomic mass is 35.5. The van der Waals surface area contributed by atoms with E-state index in [1.807, 2.05) is 30.3 Å². The molecule has 0 amide bonds. The zero-order valence-corrected chi connectivity index (χ0v) is 10.3. The Kier molecular flexibility index (Phi) is 2.46. The molecular formula is C12H8ClN3S. The first-order chi connectivity index (χ1) is 8.22. The lowest BCUT2D eigenvalue weighted by Gasteiger charge is -1.95. The maximum Gasteiger partial charge on any atom is 0.143 e. The van der Waals surface area contributed by atoms with Crippen LogP contribution in [0.2, 0.25) is 5.02 Å². The second-order valence-corrected chi connectivity index (χ2v) is 5.05. The van der Waals surface area contributed by atoms with Gasteiger partial charge in [-0.25, -0.2) is 9.97 Å². The molecule has 2 aromatic heterocycles. The first-order valence-electron chi connectivity index (χ1n) is 5.01. The first kappa shape index (κ1) is 10.5. The fourth-order valence-corrected chi connectivity index (χ4v) is 2.79. The Labute approximate surface area is 107 Å². The maximum atomic E-state index is 5.94. The lowest BCUT2D eigenvalue weighted by molar-refractivity contribution is 1.31. The molecule has 0 aliphatic carbocycles. The quantitative estimate of drug-likeness (QED) is 0.728. The van der Waals surface area contributed by atoms with Crippen LogP contribution < -0.4 is 5.73 Å². The van der Waals surface area contributed by atoms with Crippen LogP contribution in [-0.2, 0) is 0 Å². The Hall–Kier alpha value is -1.65. The van der Waals surface area contributed by atoms with Gasteiger partial charge < -0.3 is 5.73 Å². The van der Waals surface area contributed by atoms with Gasteiger partial charge >= 0.3 is 0 Å². The molecule has 2 heterocycles. The summed E-state index contributed by atoms with van der Waals surface area (Å²) in [5.74, 6) is 0.500. The molecule has 2 N–H and O–H groups in total. The maximum absolute atomic E-state index is 5.94. The second kappa shape index (κ2) is 3.98. The molecule has 1 aromatic carbocycles. The van der Waals surface area contributed by atoms with Crippen molar-refractivity contribution in [2.24, 2.45) is 0 Å². The molecular weight excluding hydrogens is 254 g/mol. The summed E-state index contributed by atoms with van der Waals surface area (Å²) in [6.45, 7) is 0. The van der Waals surface area contributed by atoms with Crippen molar-refractivity contribution in [2.75, 3.05) is 5.73 Å². The Morgan fingerprint density at radius 2 is 2.00 bits per heavy atom. The van der Waals surface area contributed by atoms with Gasteiger partial charge in [-0.1, -0.05) is 17.7 Å². The van der Waals surface area contributed by atoms with E-state index >= 15 is 0 Å². The van der Waals surface area contributed by atoms with Gasteiger partial charge in [-0.05, 0) is 30.3 Å². The van der Waals surface area contributed by atoms with Gasteiger partial charge in [-0.2, -0.15) is 0 Å². The summed E-state index contributed by atoms with van der Waals surface area (Å²) >= 11 is 7.50. The van der Waals surface area contributed by atoms with E-state index in [9.17, 15) is 0 Å². The average molecular weight is 262 g/mol. The van der Waals surface area contributed by atoms with Crippen molar-refractivity contribution < 1.29 is 0 Å². The number of hydrogen-bond acceptors (Lipinski definition) is 4. The lowest BCUT2D eigenvalue weighted by Crippen LogP contribution is -1.90. The van der Waals surface area contributed by atoms with E-state index in [2.05, 4.69) is 9.97 Å². The largest absolute Gasteiger partial charge is 0.384 e. The number of nitrogens with zero attached hydrogens (tertiary/aromatic N) is 2. The average Bonchev–Trinajstić information content (AvgIpc) is 2.72. The molecule has 3 rings (SSSR count). The summed E-state index contributed by atoms with van der Waals surface area (Å²) in [7, 11) is 0. The highest BCUT2D eigenvalue weighted by Crippen LogP contribution is 2.30. The topological polar surface area (TPSA) is 51.8 Å².